The molecule has 176 valence electrons. The third-order valence-corrected chi connectivity index (χ3v) is 12.0. The number of hydrogen-bond donors (Lipinski definition) is 3. The lowest BCUT2D eigenvalue weighted by atomic mass is 9.51. The SMILES string of the molecule is C[C@H]1CC[C@H]2[C@H](C)[C@H]3C[C@H](O)[C@H]4[C@@H](C[C@H]5[C@H]4C[C@@H](O)[C@H]4C[C@H](O)CC[C@@]45C)[C@@H]3CN2C1. The Kier molecular flexibility index (Phi) is 5.12. The molecule has 6 fully saturated rings. The van der Waals surface area contributed by atoms with Gasteiger partial charge in [0.05, 0.1) is 18.3 Å². The van der Waals surface area contributed by atoms with Gasteiger partial charge in [-0.1, -0.05) is 20.8 Å². The number of hydrogen-bond acceptors (Lipinski definition) is 4. The predicted octanol–water partition coefficient (Wildman–Crippen LogP) is 3.53. The van der Waals surface area contributed by atoms with Crippen LogP contribution >= 0.6 is 0 Å². The van der Waals surface area contributed by atoms with E-state index in [1.54, 1.807) is 0 Å². The maximum absolute atomic E-state index is 11.5. The maximum atomic E-state index is 11.5. The summed E-state index contributed by atoms with van der Waals surface area (Å²) < 4.78 is 0. The van der Waals surface area contributed by atoms with Crippen molar-refractivity contribution < 1.29 is 15.3 Å². The Hall–Kier alpha value is -0.160. The van der Waals surface area contributed by atoms with Crippen LogP contribution in [0.5, 0.6) is 0 Å². The van der Waals surface area contributed by atoms with Crippen molar-refractivity contribution in [3.63, 3.8) is 0 Å². The number of rotatable bonds is 0. The van der Waals surface area contributed by atoms with E-state index in [1.165, 1.54) is 32.4 Å². The standard InChI is InChI=1S/C27H45NO3/c1-14-4-5-23-15(2)17-10-25(31)26-18(20(17)13-28(23)12-14)9-21-19(26)11-24(30)22-8-16(29)6-7-27(21,22)3/h14-26,29-31H,4-13H2,1-3H3/t14-,15+,16+,17+,18-,19+,20+,21-,22+,23-,24+,25-,26-,27+/m0/s1. The fourth-order valence-corrected chi connectivity index (χ4v) is 10.6. The molecule has 3 N–H and O–H groups in total. The van der Waals surface area contributed by atoms with Gasteiger partial charge in [-0.05, 0) is 110 Å². The second-order valence-corrected chi connectivity index (χ2v) is 13.3. The first-order chi connectivity index (χ1) is 14.8. The molecule has 2 saturated heterocycles. The number of piperidine rings is 2. The summed E-state index contributed by atoms with van der Waals surface area (Å²) in [7, 11) is 0. The Morgan fingerprint density at radius 1 is 0.742 bits per heavy atom. The number of aliphatic hydroxyl groups excluding tert-OH is 3. The lowest BCUT2D eigenvalue weighted by Gasteiger charge is -2.57. The van der Waals surface area contributed by atoms with Gasteiger partial charge in [0.1, 0.15) is 0 Å². The monoisotopic (exact) mass is 431 g/mol. The predicted molar refractivity (Wildman–Crippen MR) is 121 cm³/mol. The molecule has 31 heavy (non-hydrogen) atoms. The highest BCUT2D eigenvalue weighted by Gasteiger charge is 2.64. The highest BCUT2D eigenvalue weighted by atomic mass is 16.3. The van der Waals surface area contributed by atoms with E-state index in [2.05, 4.69) is 25.7 Å². The molecule has 2 heterocycles. The topological polar surface area (TPSA) is 63.9 Å². The molecule has 4 aliphatic carbocycles. The van der Waals surface area contributed by atoms with Crippen molar-refractivity contribution in [3.8, 4) is 0 Å². The van der Waals surface area contributed by atoms with E-state index in [0.29, 0.717) is 35.5 Å². The van der Waals surface area contributed by atoms with Crippen molar-refractivity contribution in [1.29, 1.82) is 0 Å². The van der Waals surface area contributed by atoms with Crippen LogP contribution in [0.4, 0.5) is 0 Å². The van der Waals surface area contributed by atoms with Crippen molar-refractivity contribution in [3.05, 3.63) is 0 Å². The van der Waals surface area contributed by atoms with E-state index in [0.717, 1.165) is 50.0 Å². The lowest BCUT2D eigenvalue weighted by molar-refractivity contribution is -0.142. The summed E-state index contributed by atoms with van der Waals surface area (Å²) >= 11 is 0. The normalized spacial score (nSPS) is 61.5. The zero-order valence-electron chi connectivity index (χ0n) is 19.9. The lowest BCUT2D eigenvalue weighted by Crippen LogP contribution is -2.60. The Bertz CT molecular complexity index is 700. The Labute approximate surface area is 188 Å². The number of nitrogens with zero attached hydrogens (tertiary/aromatic N) is 1. The molecule has 0 bridgehead atoms. The molecule has 0 amide bonds. The van der Waals surface area contributed by atoms with Crippen molar-refractivity contribution in [2.45, 2.75) is 96.5 Å². The molecule has 6 aliphatic rings. The molecule has 0 aromatic heterocycles. The summed E-state index contributed by atoms with van der Waals surface area (Å²) in [6, 6.07) is 0.730. The van der Waals surface area contributed by atoms with E-state index < -0.39 is 0 Å². The largest absolute Gasteiger partial charge is 0.393 e. The Morgan fingerprint density at radius 3 is 2.32 bits per heavy atom. The first-order valence-corrected chi connectivity index (χ1v) is 13.6. The van der Waals surface area contributed by atoms with Crippen molar-refractivity contribution in [2.24, 2.45) is 58.7 Å². The highest BCUT2D eigenvalue weighted by molar-refractivity contribution is 5.13. The van der Waals surface area contributed by atoms with Gasteiger partial charge in [0.25, 0.3) is 0 Å². The van der Waals surface area contributed by atoms with Crippen LogP contribution in [0.15, 0.2) is 0 Å². The van der Waals surface area contributed by atoms with Crippen molar-refractivity contribution >= 4 is 0 Å². The van der Waals surface area contributed by atoms with Gasteiger partial charge < -0.3 is 15.3 Å². The molecular formula is C27H45NO3. The van der Waals surface area contributed by atoms with E-state index in [-0.39, 0.29) is 29.6 Å². The Balaban J connectivity index is 1.31. The third-order valence-electron chi connectivity index (χ3n) is 12.0. The van der Waals surface area contributed by atoms with E-state index >= 15 is 0 Å². The quantitative estimate of drug-likeness (QED) is 0.549. The zero-order valence-corrected chi connectivity index (χ0v) is 19.9. The van der Waals surface area contributed by atoms with Gasteiger partial charge in [0, 0.05) is 19.1 Å². The van der Waals surface area contributed by atoms with Crippen molar-refractivity contribution in [2.75, 3.05) is 13.1 Å². The molecule has 14 atom stereocenters. The summed E-state index contributed by atoms with van der Waals surface area (Å²) in [5.74, 6) is 5.25. The molecule has 6 rings (SSSR count). The molecule has 0 spiro atoms. The molecule has 0 radical (unpaired) electrons. The van der Waals surface area contributed by atoms with Crippen LogP contribution < -0.4 is 0 Å². The molecule has 4 nitrogen and oxygen atoms in total. The van der Waals surface area contributed by atoms with E-state index in [4.69, 9.17) is 0 Å². The van der Waals surface area contributed by atoms with E-state index in [9.17, 15) is 15.3 Å². The van der Waals surface area contributed by atoms with Crippen LogP contribution in [0.1, 0.15) is 72.1 Å². The van der Waals surface area contributed by atoms with Gasteiger partial charge in [-0.2, -0.15) is 0 Å². The molecular weight excluding hydrogens is 386 g/mol. The summed E-state index contributed by atoms with van der Waals surface area (Å²) in [5, 5.41) is 33.0. The highest BCUT2D eigenvalue weighted by Crippen LogP contribution is 2.67. The van der Waals surface area contributed by atoms with Gasteiger partial charge in [-0.25, -0.2) is 0 Å². The average Bonchev–Trinajstić information content (AvgIpc) is 3.12. The van der Waals surface area contributed by atoms with Crippen LogP contribution in [0, 0.1) is 58.7 Å². The van der Waals surface area contributed by atoms with Crippen LogP contribution in [-0.2, 0) is 0 Å². The summed E-state index contributed by atoms with van der Waals surface area (Å²) in [4.78, 5) is 2.84. The van der Waals surface area contributed by atoms with Gasteiger partial charge in [-0.15, -0.1) is 0 Å². The Morgan fingerprint density at radius 2 is 1.52 bits per heavy atom. The first-order valence-electron chi connectivity index (χ1n) is 13.6. The summed E-state index contributed by atoms with van der Waals surface area (Å²) in [6.45, 7) is 9.85. The average molecular weight is 432 g/mol. The summed E-state index contributed by atoms with van der Waals surface area (Å²) in [6.07, 6.45) is 7.79. The molecule has 0 aromatic rings. The smallest absolute Gasteiger partial charge is 0.0577 e. The fourth-order valence-electron chi connectivity index (χ4n) is 10.6. The van der Waals surface area contributed by atoms with E-state index in [1.807, 2.05) is 0 Å². The summed E-state index contributed by atoms with van der Waals surface area (Å²) in [5.41, 5.74) is 0.135. The van der Waals surface area contributed by atoms with Gasteiger partial charge in [-0.3, -0.25) is 4.90 Å². The zero-order chi connectivity index (χ0) is 21.7. The van der Waals surface area contributed by atoms with Crippen molar-refractivity contribution in [1.82, 2.24) is 4.90 Å². The third kappa shape index (κ3) is 3.07. The van der Waals surface area contributed by atoms with Gasteiger partial charge in [0.2, 0.25) is 0 Å². The first kappa shape index (κ1) is 21.4. The maximum Gasteiger partial charge on any atom is 0.0577 e. The number of aliphatic hydroxyl groups is 3. The minimum atomic E-state index is -0.303. The van der Waals surface area contributed by atoms with Crippen LogP contribution in [-0.4, -0.2) is 57.7 Å². The van der Waals surface area contributed by atoms with Crippen LogP contribution in [0.25, 0.3) is 0 Å². The fraction of sp³-hybridized carbons (Fsp3) is 1.00. The van der Waals surface area contributed by atoms with Gasteiger partial charge >= 0.3 is 0 Å². The van der Waals surface area contributed by atoms with Gasteiger partial charge in [0.15, 0.2) is 0 Å². The minimum absolute atomic E-state index is 0.135. The molecule has 4 saturated carbocycles. The molecule has 4 heteroatoms. The van der Waals surface area contributed by atoms with Crippen LogP contribution in [0.2, 0.25) is 0 Å². The molecule has 0 aromatic carbocycles. The molecule has 2 aliphatic heterocycles. The minimum Gasteiger partial charge on any atom is -0.393 e. The second kappa shape index (κ2) is 7.42. The number of fused-ring (bicyclic) bond motifs is 8. The second-order valence-electron chi connectivity index (χ2n) is 13.3. The van der Waals surface area contributed by atoms with Crippen LogP contribution in [0.3, 0.4) is 0 Å². The molecule has 0 unspecified atom stereocenters.